The van der Waals surface area contributed by atoms with E-state index in [1.165, 1.54) is 6.20 Å². The summed E-state index contributed by atoms with van der Waals surface area (Å²) in [7, 11) is 0. The van der Waals surface area contributed by atoms with Gasteiger partial charge in [-0.3, -0.25) is 0 Å². The molecule has 0 saturated heterocycles. The molecule has 1 aromatic rings. The van der Waals surface area contributed by atoms with Crippen molar-refractivity contribution in [2.24, 2.45) is 0 Å². The molecule has 1 aromatic heterocycles. The Labute approximate surface area is 58.6 Å². The van der Waals surface area contributed by atoms with E-state index in [9.17, 15) is 4.39 Å². The lowest BCUT2D eigenvalue weighted by Crippen LogP contribution is -1.95. The molecule has 54 valence electrons. The minimum Gasteiger partial charge on any atom is -0.362 e. The Kier molecular flexibility index (Phi) is 1.57. The Morgan fingerprint density at radius 2 is 2.30 bits per heavy atom. The van der Waals surface area contributed by atoms with Crippen LogP contribution >= 0.6 is 0 Å². The van der Waals surface area contributed by atoms with E-state index in [-0.39, 0.29) is 11.5 Å². The lowest BCUT2D eigenvalue weighted by atomic mass is 10.2. The van der Waals surface area contributed by atoms with E-state index in [0.717, 1.165) is 0 Å². The van der Waals surface area contributed by atoms with Crippen LogP contribution in [0.15, 0.2) is 6.20 Å². The largest absolute Gasteiger partial charge is 0.362 e. The number of aromatic amines is 1. The van der Waals surface area contributed by atoms with Crippen LogP contribution in [0, 0.1) is 18.2 Å². The number of rotatable bonds is 1. The zero-order valence-corrected chi connectivity index (χ0v) is 5.96. The van der Waals surface area contributed by atoms with Crippen LogP contribution in [0.3, 0.4) is 0 Å². The molecular weight excluding hydrogens is 131 g/mol. The molecule has 0 aliphatic rings. The molecule has 0 unspecified atom stereocenters. The molecule has 0 atom stereocenters. The standard InChI is InChI=1S/C7H9FN2/c1-4(9)7-5(2)10-3-6(7)8/h3,9-10H,1-2H3. The molecule has 2 nitrogen and oxygen atoms in total. The first-order valence-corrected chi connectivity index (χ1v) is 3.02. The van der Waals surface area contributed by atoms with Crippen LogP contribution in [0.2, 0.25) is 0 Å². The first-order chi connectivity index (χ1) is 4.63. The Bertz CT molecular complexity index is 243. The summed E-state index contributed by atoms with van der Waals surface area (Å²) in [5.74, 6) is -0.343. The monoisotopic (exact) mass is 140 g/mol. The summed E-state index contributed by atoms with van der Waals surface area (Å²) in [5, 5.41) is 7.17. The molecule has 0 spiro atoms. The summed E-state index contributed by atoms with van der Waals surface area (Å²) in [6, 6.07) is 0. The van der Waals surface area contributed by atoms with Gasteiger partial charge in [0.05, 0.1) is 5.56 Å². The van der Waals surface area contributed by atoms with Gasteiger partial charge in [-0.1, -0.05) is 0 Å². The minimum atomic E-state index is -0.343. The van der Waals surface area contributed by atoms with Crippen molar-refractivity contribution in [1.29, 1.82) is 5.41 Å². The average Bonchev–Trinajstić information content (AvgIpc) is 2.11. The molecule has 3 heteroatoms. The number of aryl methyl sites for hydroxylation is 1. The third kappa shape index (κ3) is 0.943. The molecule has 1 heterocycles. The van der Waals surface area contributed by atoms with E-state index in [4.69, 9.17) is 5.41 Å². The highest BCUT2D eigenvalue weighted by Crippen LogP contribution is 2.10. The van der Waals surface area contributed by atoms with E-state index in [1.54, 1.807) is 13.8 Å². The van der Waals surface area contributed by atoms with Crippen molar-refractivity contribution in [3.05, 3.63) is 23.3 Å². The second-order valence-electron chi connectivity index (χ2n) is 2.26. The first kappa shape index (κ1) is 6.99. The molecule has 0 aliphatic heterocycles. The van der Waals surface area contributed by atoms with Gasteiger partial charge >= 0.3 is 0 Å². The molecule has 0 fully saturated rings. The van der Waals surface area contributed by atoms with Gasteiger partial charge in [0.25, 0.3) is 0 Å². The summed E-state index contributed by atoms with van der Waals surface area (Å²) in [6.45, 7) is 3.32. The highest BCUT2D eigenvalue weighted by atomic mass is 19.1. The summed E-state index contributed by atoms with van der Waals surface area (Å²) < 4.78 is 12.7. The van der Waals surface area contributed by atoms with Crippen LogP contribution < -0.4 is 0 Å². The van der Waals surface area contributed by atoms with Crippen molar-refractivity contribution in [3.8, 4) is 0 Å². The van der Waals surface area contributed by atoms with Crippen molar-refractivity contribution in [1.82, 2.24) is 4.98 Å². The Hall–Kier alpha value is -1.12. The normalized spacial score (nSPS) is 9.90. The van der Waals surface area contributed by atoms with Gasteiger partial charge in [-0.05, 0) is 13.8 Å². The van der Waals surface area contributed by atoms with Gasteiger partial charge in [-0.25, -0.2) is 4.39 Å². The zero-order chi connectivity index (χ0) is 7.72. The van der Waals surface area contributed by atoms with Crippen molar-refractivity contribution >= 4 is 5.71 Å². The van der Waals surface area contributed by atoms with Crippen LogP contribution in [0.5, 0.6) is 0 Å². The average molecular weight is 140 g/mol. The lowest BCUT2D eigenvalue weighted by molar-refractivity contribution is 0.627. The third-order valence-corrected chi connectivity index (χ3v) is 1.40. The van der Waals surface area contributed by atoms with Gasteiger partial charge in [-0.15, -0.1) is 0 Å². The predicted molar refractivity (Wildman–Crippen MR) is 38.0 cm³/mol. The topological polar surface area (TPSA) is 39.6 Å². The van der Waals surface area contributed by atoms with Crippen molar-refractivity contribution in [2.75, 3.05) is 0 Å². The van der Waals surface area contributed by atoms with E-state index >= 15 is 0 Å². The van der Waals surface area contributed by atoms with E-state index in [2.05, 4.69) is 4.98 Å². The maximum Gasteiger partial charge on any atom is 0.149 e. The van der Waals surface area contributed by atoms with Crippen LogP contribution in [0.25, 0.3) is 0 Å². The van der Waals surface area contributed by atoms with Crippen LogP contribution in [-0.2, 0) is 0 Å². The first-order valence-electron chi connectivity index (χ1n) is 3.02. The second kappa shape index (κ2) is 2.25. The van der Waals surface area contributed by atoms with Crippen LogP contribution in [-0.4, -0.2) is 10.7 Å². The quantitative estimate of drug-likeness (QED) is 0.559. The van der Waals surface area contributed by atoms with Gasteiger partial charge in [0.2, 0.25) is 0 Å². The van der Waals surface area contributed by atoms with Crippen molar-refractivity contribution < 1.29 is 4.39 Å². The lowest BCUT2D eigenvalue weighted by Gasteiger charge is -1.93. The molecular formula is C7H9FN2. The Balaban J connectivity index is 3.23. The predicted octanol–water partition coefficient (Wildman–Crippen LogP) is 1.85. The smallest absolute Gasteiger partial charge is 0.149 e. The molecule has 1 rings (SSSR count). The van der Waals surface area contributed by atoms with E-state index in [1.807, 2.05) is 0 Å². The number of hydrogen-bond acceptors (Lipinski definition) is 1. The van der Waals surface area contributed by atoms with Crippen LogP contribution in [0.4, 0.5) is 4.39 Å². The number of halogens is 1. The highest BCUT2D eigenvalue weighted by Gasteiger charge is 2.08. The fourth-order valence-corrected chi connectivity index (χ4v) is 0.955. The molecule has 0 amide bonds. The molecule has 0 radical (unpaired) electrons. The minimum absolute atomic E-state index is 0.260. The van der Waals surface area contributed by atoms with Gasteiger partial charge in [-0.2, -0.15) is 0 Å². The maximum atomic E-state index is 12.7. The van der Waals surface area contributed by atoms with Gasteiger partial charge in [0.1, 0.15) is 5.82 Å². The Morgan fingerprint density at radius 3 is 2.50 bits per heavy atom. The van der Waals surface area contributed by atoms with Crippen LogP contribution in [0.1, 0.15) is 18.2 Å². The van der Waals surface area contributed by atoms with Gasteiger partial charge in [0, 0.05) is 17.6 Å². The maximum absolute atomic E-state index is 12.7. The molecule has 0 aromatic carbocycles. The number of hydrogen-bond donors (Lipinski definition) is 2. The summed E-state index contributed by atoms with van der Waals surface area (Å²) in [6.07, 6.45) is 1.27. The van der Waals surface area contributed by atoms with Gasteiger partial charge in [0.15, 0.2) is 0 Å². The van der Waals surface area contributed by atoms with E-state index < -0.39 is 0 Å². The fraction of sp³-hybridized carbons (Fsp3) is 0.286. The number of aromatic nitrogens is 1. The molecule has 0 aliphatic carbocycles. The highest BCUT2D eigenvalue weighted by molar-refractivity contribution is 5.97. The Morgan fingerprint density at radius 1 is 1.70 bits per heavy atom. The molecule has 2 N–H and O–H groups in total. The SMILES string of the molecule is CC(=N)c1c(F)c[nH]c1C. The molecule has 0 saturated carbocycles. The van der Waals surface area contributed by atoms with Crippen molar-refractivity contribution in [2.45, 2.75) is 13.8 Å². The number of H-pyrrole nitrogens is 1. The third-order valence-electron chi connectivity index (χ3n) is 1.40. The molecule has 10 heavy (non-hydrogen) atoms. The zero-order valence-electron chi connectivity index (χ0n) is 5.96. The summed E-state index contributed by atoms with van der Waals surface area (Å²) in [4.78, 5) is 2.70. The fourth-order valence-electron chi connectivity index (χ4n) is 0.955. The van der Waals surface area contributed by atoms with E-state index in [0.29, 0.717) is 11.3 Å². The molecule has 0 bridgehead atoms. The van der Waals surface area contributed by atoms with Gasteiger partial charge < -0.3 is 10.4 Å². The second-order valence-corrected chi connectivity index (χ2v) is 2.26. The summed E-state index contributed by atoms with van der Waals surface area (Å²) in [5.41, 5.74) is 1.36. The summed E-state index contributed by atoms with van der Waals surface area (Å²) >= 11 is 0. The van der Waals surface area contributed by atoms with Crippen molar-refractivity contribution in [3.63, 3.8) is 0 Å². The number of nitrogens with one attached hydrogen (secondary N) is 2.